The first-order chi connectivity index (χ1) is 5.24. The molecule has 0 aromatic carbocycles. The zero-order valence-corrected chi connectivity index (χ0v) is 8.01. The fourth-order valence-electron chi connectivity index (χ4n) is 0.884. The molecule has 1 heterocycles. The van der Waals surface area contributed by atoms with Gasteiger partial charge in [-0.2, -0.15) is 0 Å². The fourth-order valence-corrected chi connectivity index (χ4v) is 1.27. The molecule has 1 aromatic rings. The second-order valence-electron chi connectivity index (χ2n) is 2.43. The van der Waals surface area contributed by atoms with E-state index < -0.39 is 0 Å². The highest BCUT2D eigenvalue weighted by molar-refractivity contribution is 9.10. The molecular formula is C8H11BrN2. The van der Waals surface area contributed by atoms with Gasteiger partial charge in [-0.1, -0.05) is 6.92 Å². The zero-order valence-electron chi connectivity index (χ0n) is 6.42. The van der Waals surface area contributed by atoms with Crippen LogP contribution in [-0.2, 0) is 0 Å². The largest absolute Gasteiger partial charge is 0.324 e. The topological polar surface area (TPSA) is 38.9 Å². The summed E-state index contributed by atoms with van der Waals surface area (Å²) in [6, 6.07) is 4.03. The summed E-state index contributed by atoms with van der Waals surface area (Å²) in [4.78, 5) is 4.02. The van der Waals surface area contributed by atoms with Gasteiger partial charge in [-0.25, -0.2) is 4.98 Å². The summed E-state index contributed by atoms with van der Waals surface area (Å²) in [7, 11) is 0. The third kappa shape index (κ3) is 2.27. The summed E-state index contributed by atoms with van der Waals surface area (Å²) >= 11 is 3.29. The predicted octanol–water partition coefficient (Wildman–Crippen LogP) is 2.25. The number of rotatable bonds is 2. The normalized spacial score (nSPS) is 13.0. The Kier molecular flexibility index (Phi) is 3.02. The van der Waals surface area contributed by atoms with Crippen LogP contribution in [0.25, 0.3) is 0 Å². The average Bonchev–Trinajstić information content (AvgIpc) is 2.03. The second kappa shape index (κ2) is 3.83. The maximum atomic E-state index is 5.81. The summed E-state index contributed by atoms with van der Waals surface area (Å²) in [6.07, 6.45) is 2.71. The first-order valence-corrected chi connectivity index (χ1v) is 4.40. The van der Waals surface area contributed by atoms with Crippen molar-refractivity contribution in [2.45, 2.75) is 19.4 Å². The molecule has 0 fully saturated rings. The molecule has 0 radical (unpaired) electrons. The Balaban J connectivity index is 2.86. The second-order valence-corrected chi connectivity index (χ2v) is 3.24. The maximum absolute atomic E-state index is 5.81. The van der Waals surface area contributed by atoms with E-state index in [0.29, 0.717) is 0 Å². The van der Waals surface area contributed by atoms with E-state index in [9.17, 15) is 0 Å². The zero-order chi connectivity index (χ0) is 8.27. The minimum atomic E-state index is 0.134. The van der Waals surface area contributed by atoms with Crippen molar-refractivity contribution < 1.29 is 0 Å². The van der Waals surface area contributed by atoms with Crippen molar-refractivity contribution in [1.29, 1.82) is 0 Å². The van der Waals surface area contributed by atoms with E-state index >= 15 is 0 Å². The van der Waals surface area contributed by atoms with Crippen LogP contribution in [0.5, 0.6) is 0 Å². The minimum Gasteiger partial charge on any atom is -0.324 e. The standard InChI is InChI=1S/C8H11BrN2/c1-2-7(10)6-3-4-11-8(9)5-6/h3-5,7H,2,10H2,1H3. The molecule has 3 heteroatoms. The third-order valence-corrected chi connectivity index (χ3v) is 2.05. The van der Waals surface area contributed by atoms with Gasteiger partial charge in [-0.15, -0.1) is 0 Å². The number of aromatic nitrogens is 1. The summed E-state index contributed by atoms with van der Waals surface area (Å²) in [5.41, 5.74) is 6.95. The van der Waals surface area contributed by atoms with Gasteiger partial charge < -0.3 is 5.73 Å². The molecule has 2 N–H and O–H groups in total. The summed E-state index contributed by atoms with van der Waals surface area (Å²) in [5.74, 6) is 0. The first-order valence-electron chi connectivity index (χ1n) is 3.61. The Morgan fingerprint density at radius 2 is 2.45 bits per heavy atom. The molecule has 2 nitrogen and oxygen atoms in total. The number of hydrogen-bond donors (Lipinski definition) is 1. The molecule has 0 amide bonds. The van der Waals surface area contributed by atoms with E-state index in [2.05, 4.69) is 27.8 Å². The molecule has 1 aromatic heterocycles. The van der Waals surface area contributed by atoms with Crippen LogP contribution >= 0.6 is 15.9 Å². The van der Waals surface area contributed by atoms with Gasteiger partial charge in [0.1, 0.15) is 4.60 Å². The lowest BCUT2D eigenvalue weighted by Crippen LogP contribution is -2.08. The highest BCUT2D eigenvalue weighted by Gasteiger charge is 2.02. The van der Waals surface area contributed by atoms with Crippen LogP contribution in [0, 0.1) is 0 Å². The van der Waals surface area contributed by atoms with E-state index in [4.69, 9.17) is 5.73 Å². The van der Waals surface area contributed by atoms with Crippen molar-refractivity contribution in [1.82, 2.24) is 4.98 Å². The summed E-state index contributed by atoms with van der Waals surface area (Å²) in [6.45, 7) is 2.07. The van der Waals surface area contributed by atoms with Crippen molar-refractivity contribution in [3.63, 3.8) is 0 Å². The molecule has 0 aliphatic carbocycles. The van der Waals surface area contributed by atoms with Crippen LogP contribution in [0.2, 0.25) is 0 Å². The Morgan fingerprint density at radius 1 is 1.73 bits per heavy atom. The van der Waals surface area contributed by atoms with Crippen LogP contribution in [0.15, 0.2) is 22.9 Å². The molecular weight excluding hydrogens is 204 g/mol. The molecule has 0 saturated heterocycles. The van der Waals surface area contributed by atoms with Crippen molar-refractivity contribution in [3.05, 3.63) is 28.5 Å². The Hall–Kier alpha value is -0.410. The van der Waals surface area contributed by atoms with E-state index in [1.54, 1.807) is 6.20 Å². The van der Waals surface area contributed by atoms with E-state index in [0.717, 1.165) is 16.6 Å². The van der Waals surface area contributed by atoms with Gasteiger partial charge in [0.25, 0.3) is 0 Å². The number of halogens is 1. The van der Waals surface area contributed by atoms with Gasteiger partial charge in [0.15, 0.2) is 0 Å². The Morgan fingerprint density at radius 3 is 3.00 bits per heavy atom. The number of nitrogens with zero attached hydrogens (tertiary/aromatic N) is 1. The highest BCUT2D eigenvalue weighted by atomic mass is 79.9. The quantitative estimate of drug-likeness (QED) is 0.768. The van der Waals surface area contributed by atoms with Crippen LogP contribution in [0.1, 0.15) is 24.9 Å². The van der Waals surface area contributed by atoms with Gasteiger partial charge in [0, 0.05) is 12.2 Å². The molecule has 1 atom stereocenters. The van der Waals surface area contributed by atoms with E-state index in [1.165, 1.54) is 0 Å². The number of nitrogens with two attached hydrogens (primary N) is 1. The lowest BCUT2D eigenvalue weighted by molar-refractivity contribution is 0.696. The molecule has 0 aliphatic heterocycles. The maximum Gasteiger partial charge on any atom is 0.106 e. The molecule has 0 bridgehead atoms. The highest BCUT2D eigenvalue weighted by Crippen LogP contribution is 2.15. The van der Waals surface area contributed by atoms with Crippen LogP contribution in [0.4, 0.5) is 0 Å². The van der Waals surface area contributed by atoms with E-state index in [-0.39, 0.29) is 6.04 Å². The lowest BCUT2D eigenvalue weighted by Gasteiger charge is -2.07. The number of pyridine rings is 1. The number of hydrogen-bond acceptors (Lipinski definition) is 2. The first kappa shape index (κ1) is 8.68. The Labute approximate surface area is 75.0 Å². The minimum absolute atomic E-state index is 0.134. The predicted molar refractivity (Wildman–Crippen MR) is 49.2 cm³/mol. The lowest BCUT2D eigenvalue weighted by atomic mass is 10.1. The van der Waals surface area contributed by atoms with Gasteiger partial charge >= 0.3 is 0 Å². The summed E-state index contributed by atoms with van der Waals surface area (Å²) in [5, 5.41) is 0. The third-order valence-electron chi connectivity index (χ3n) is 1.62. The molecule has 1 rings (SSSR count). The van der Waals surface area contributed by atoms with Gasteiger partial charge in [0.2, 0.25) is 0 Å². The van der Waals surface area contributed by atoms with Crippen molar-refractivity contribution >= 4 is 15.9 Å². The molecule has 1 unspecified atom stereocenters. The SMILES string of the molecule is CCC(N)c1ccnc(Br)c1. The summed E-state index contributed by atoms with van der Waals surface area (Å²) < 4.78 is 0.846. The van der Waals surface area contributed by atoms with Crippen molar-refractivity contribution in [2.75, 3.05) is 0 Å². The van der Waals surface area contributed by atoms with Crippen molar-refractivity contribution in [3.8, 4) is 0 Å². The molecule has 11 heavy (non-hydrogen) atoms. The van der Waals surface area contributed by atoms with Crippen molar-refractivity contribution in [2.24, 2.45) is 5.73 Å². The molecule has 0 aliphatic rings. The monoisotopic (exact) mass is 214 g/mol. The van der Waals surface area contributed by atoms with Gasteiger partial charge in [0.05, 0.1) is 0 Å². The molecule has 0 spiro atoms. The fraction of sp³-hybridized carbons (Fsp3) is 0.375. The van der Waals surface area contributed by atoms with E-state index in [1.807, 2.05) is 12.1 Å². The van der Waals surface area contributed by atoms with Crippen LogP contribution in [-0.4, -0.2) is 4.98 Å². The van der Waals surface area contributed by atoms with Gasteiger partial charge in [-0.05, 0) is 40.0 Å². The van der Waals surface area contributed by atoms with Crippen LogP contribution in [0.3, 0.4) is 0 Å². The van der Waals surface area contributed by atoms with Gasteiger partial charge in [-0.3, -0.25) is 0 Å². The molecule has 60 valence electrons. The Bertz CT molecular complexity index is 237. The van der Waals surface area contributed by atoms with Crippen LogP contribution < -0.4 is 5.73 Å². The smallest absolute Gasteiger partial charge is 0.106 e. The molecule has 0 saturated carbocycles. The average molecular weight is 215 g/mol.